The number of rotatable bonds is 3. The number of aromatic nitrogens is 2. The minimum Gasteiger partial charge on any atom is -0.337 e. The third kappa shape index (κ3) is 2.82. The van der Waals surface area contributed by atoms with Crippen LogP contribution in [0.25, 0.3) is 0 Å². The van der Waals surface area contributed by atoms with E-state index < -0.39 is 0 Å². The summed E-state index contributed by atoms with van der Waals surface area (Å²) in [6.45, 7) is 0. The number of hydrogen-bond donors (Lipinski definition) is 1. The van der Waals surface area contributed by atoms with Gasteiger partial charge in [0.25, 0.3) is 0 Å². The molecule has 0 aliphatic carbocycles. The van der Waals surface area contributed by atoms with E-state index >= 15 is 0 Å². The highest BCUT2D eigenvalue weighted by Gasteiger charge is 2.23. The first kappa shape index (κ1) is 12.7. The molecule has 1 aromatic heterocycles. The van der Waals surface area contributed by atoms with E-state index in [1.54, 1.807) is 0 Å². The first-order valence-electron chi connectivity index (χ1n) is 6.60. The average molecular weight is 275 g/mol. The molecule has 2 unspecified atom stereocenters. The fourth-order valence-corrected chi connectivity index (χ4v) is 3.49. The normalized spacial score (nSPS) is 21.2. The van der Waals surface area contributed by atoms with Crippen molar-refractivity contribution in [1.29, 1.82) is 0 Å². The predicted octanol–water partition coefficient (Wildman–Crippen LogP) is 3.08. The molecule has 19 heavy (non-hydrogen) atoms. The van der Waals surface area contributed by atoms with Crippen molar-refractivity contribution in [3.8, 4) is 0 Å². The Morgan fingerprint density at radius 3 is 2.84 bits per heavy atom. The van der Waals surface area contributed by atoms with Gasteiger partial charge in [0.15, 0.2) is 5.82 Å². The number of hydrogen-bond acceptors (Lipinski definition) is 5. The van der Waals surface area contributed by atoms with E-state index in [2.05, 4.69) is 10.1 Å². The van der Waals surface area contributed by atoms with Crippen LogP contribution >= 0.6 is 11.8 Å². The molecule has 100 valence electrons. The molecule has 4 nitrogen and oxygen atoms in total. The van der Waals surface area contributed by atoms with Crippen LogP contribution in [-0.4, -0.2) is 15.9 Å². The van der Waals surface area contributed by atoms with Crippen LogP contribution in [0.3, 0.4) is 0 Å². The fourth-order valence-electron chi connectivity index (χ4n) is 2.25. The smallest absolute Gasteiger partial charge is 0.248 e. The molecule has 2 N–H and O–H groups in total. The van der Waals surface area contributed by atoms with Crippen LogP contribution in [0.4, 0.5) is 0 Å². The van der Waals surface area contributed by atoms with Gasteiger partial charge in [0.2, 0.25) is 5.89 Å². The summed E-state index contributed by atoms with van der Waals surface area (Å²) in [7, 11) is 0. The van der Waals surface area contributed by atoms with Crippen LogP contribution in [0.5, 0.6) is 0 Å². The standard InChI is InChI=1S/C14H17N3OS/c15-12(10-6-2-1-3-7-10)14-16-13(17-18-14)11-8-4-5-9-19-11/h1-3,6-7,11-12H,4-5,8-9,15H2. The van der Waals surface area contributed by atoms with Crippen LogP contribution in [0.2, 0.25) is 0 Å². The SMILES string of the molecule is NC(c1ccccc1)c1nc(C2CCCCS2)no1. The molecule has 3 rings (SSSR count). The van der Waals surface area contributed by atoms with Gasteiger partial charge < -0.3 is 10.3 Å². The molecule has 1 aromatic carbocycles. The molecule has 1 aliphatic heterocycles. The second kappa shape index (κ2) is 5.75. The van der Waals surface area contributed by atoms with Crippen molar-refractivity contribution in [1.82, 2.24) is 10.1 Å². The Kier molecular flexibility index (Phi) is 3.84. The molecule has 0 amide bonds. The van der Waals surface area contributed by atoms with E-state index in [1.807, 2.05) is 42.1 Å². The van der Waals surface area contributed by atoms with Gasteiger partial charge >= 0.3 is 0 Å². The highest BCUT2D eigenvalue weighted by molar-refractivity contribution is 7.99. The Morgan fingerprint density at radius 2 is 2.11 bits per heavy atom. The summed E-state index contributed by atoms with van der Waals surface area (Å²) >= 11 is 1.91. The summed E-state index contributed by atoms with van der Waals surface area (Å²) in [6, 6.07) is 9.51. The maximum atomic E-state index is 6.16. The molecule has 2 aromatic rings. The minimum absolute atomic E-state index is 0.337. The van der Waals surface area contributed by atoms with E-state index in [-0.39, 0.29) is 6.04 Å². The van der Waals surface area contributed by atoms with E-state index in [0.29, 0.717) is 11.1 Å². The molecule has 0 spiro atoms. The largest absolute Gasteiger partial charge is 0.337 e. The van der Waals surface area contributed by atoms with Crippen LogP contribution in [0.1, 0.15) is 47.8 Å². The van der Waals surface area contributed by atoms with E-state index in [9.17, 15) is 0 Å². The van der Waals surface area contributed by atoms with Gasteiger partial charge in [0, 0.05) is 0 Å². The lowest BCUT2D eigenvalue weighted by Gasteiger charge is -2.17. The van der Waals surface area contributed by atoms with E-state index in [0.717, 1.165) is 17.8 Å². The summed E-state index contributed by atoms with van der Waals surface area (Å²) in [5.74, 6) is 2.48. The maximum Gasteiger partial charge on any atom is 0.248 e. The summed E-state index contributed by atoms with van der Waals surface area (Å²) < 4.78 is 5.33. The Balaban J connectivity index is 1.77. The quantitative estimate of drug-likeness (QED) is 0.932. The molecule has 1 saturated heterocycles. The van der Waals surface area contributed by atoms with Crippen molar-refractivity contribution in [2.24, 2.45) is 5.73 Å². The second-order valence-corrected chi connectivity index (χ2v) is 6.05. The second-order valence-electron chi connectivity index (χ2n) is 4.73. The third-order valence-corrected chi connectivity index (χ3v) is 4.72. The van der Waals surface area contributed by atoms with Crippen molar-refractivity contribution < 1.29 is 4.52 Å². The molecule has 5 heteroatoms. The molecule has 2 heterocycles. The lowest BCUT2D eigenvalue weighted by Crippen LogP contribution is -2.12. The van der Waals surface area contributed by atoms with Crippen molar-refractivity contribution in [2.45, 2.75) is 30.6 Å². The van der Waals surface area contributed by atoms with Crippen LogP contribution in [0.15, 0.2) is 34.9 Å². The molecule has 2 atom stereocenters. The van der Waals surface area contributed by atoms with Gasteiger partial charge in [-0.25, -0.2) is 0 Å². The highest BCUT2D eigenvalue weighted by atomic mass is 32.2. The number of thioether (sulfide) groups is 1. The Labute approximate surface area is 116 Å². The number of nitrogens with zero attached hydrogens (tertiary/aromatic N) is 2. The van der Waals surface area contributed by atoms with Crippen molar-refractivity contribution in [3.63, 3.8) is 0 Å². The molecule has 0 bridgehead atoms. The highest BCUT2D eigenvalue weighted by Crippen LogP contribution is 2.37. The Bertz CT molecular complexity index is 522. The molecule has 1 aliphatic rings. The first-order chi connectivity index (χ1) is 9.34. The van der Waals surface area contributed by atoms with Crippen molar-refractivity contribution in [2.75, 3.05) is 5.75 Å². The van der Waals surface area contributed by atoms with Gasteiger partial charge in [0.1, 0.15) is 6.04 Å². The van der Waals surface area contributed by atoms with Gasteiger partial charge in [-0.2, -0.15) is 16.7 Å². The summed E-state index contributed by atoms with van der Waals surface area (Å²) in [4.78, 5) is 4.49. The van der Waals surface area contributed by atoms with Gasteiger partial charge in [-0.3, -0.25) is 0 Å². The van der Waals surface area contributed by atoms with Crippen LogP contribution in [-0.2, 0) is 0 Å². The third-order valence-electron chi connectivity index (χ3n) is 3.35. The summed E-state index contributed by atoms with van der Waals surface area (Å²) in [6.07, 6.45) is 3.66. The zero-order valence-corrected chi connectivity index (χ0v) is 11.5. The number of nitrogens with two attached hydrogens (primary N) is 1. The first-order valence-corrected chi connectivity index (χ1v) is 7.65. The van der Waals surface area contributed by atoms with Crippen molar-refractivity contribution >= 4 is 11.8 Å². The lowest BCUT2D eigenvalue weighted by atomic mass is 10.1. The molecule has 1 fully saturated rings. The van der Waals surface area contributed by atoms with E-state index in [1.165, 1.54) is 18.6 Å². The molecular formula is C14H17N3OS. The van der Waals surface area contributed by atoms with E-state index in [4.69, 9.17) is 10.3 Å². The van der Waals surface area contributed by atoms with Crippen molar-refractivity contribution in [3.05, 3.63) is 47.6 Å². The Hall–Kier alpha value is -1.33. The topological polar surface area (TPSA) is 64.9 Å². The Morgan fingerprint density at radius 1 is 1.26 bits per heavy atom. The molecule has 0 radical (unpaired) electrons. The van der Waals surface area contributed by atoms with Gasteiger partial charge in [-0.15, -0.1) is 0 Å². The van der Waals surface area contributed by atoms with Gasteiger partial charge in [-0.1, -0.05) is 41.9 Å². The monoisotopic (exact) mass is 275 g/mol. The van der Waals surface area contributed by atoms with Gasteiger partial charge in [0.05, 0.1) is 5.25 Å². The van der Waals surface area contributed by atoms with Crippen LogP contribution in [0, 0.1) is 0 Å². The molecule has 0 saturated carbocycles. The lowest BCUT2D eigenvalue weighted by molar-refractivity contribution is 0.361. The number of benzene rings is 1. The molecular weight excluding hydrogens is 258 g/mol. The summed E-state index contributed by atoms with van der Waals surface area (Å²) in [5, 5.41) is 4.47. The van der Waals surface area contributed by atoms with Crippen LogP contribution < -0.4 is 5.73 Å². The zero-order valence-electron chi connectivity index (χ0n) is 10.7. The van der Waals surface area contributed by atoms with Gasteiger partial charge in [-0.05, 0) is 24.2 Å². The zero-order chi connectivity index (χ0) is 13.1. The predicted molar refractivity (Wildman–Crippen MR) is 75.8 cm³/mol. The summed E-state index contributed by atoms with van der Waals surface area (Å²) in [5.41, 5.74) is 7.15. The fraction of sp³-hybridized carbons (Fsp3) is 0.429. The average Bonchev–Trinajstić information content (AvgIpc) is 2.98. The maximum absolute atomic E-state index is 6.16. The minimum atomic E-state index is -0.337.